The molecule has 0 aliphatic carbocycles. The summed E-state index contributed by atoms with van der Waals surface area (Å²) in [4.78, 5) is 34.3. The molecule has 1 fully saturated rings. The molecule has 2 N–H and O–H groups in total. The number of aromatic nitrogens is 2. The first-order chi connectivity index (χ1) is 15.6. The molecule has 32 heavy (non-hydrogen) atoms. The highest BCUT2D eigenvalue weighted by molar-refractivity contribution is 5.95. The van der Waals surface area contributed by atoms with Gasteiger partial charge in [0.05, 0.1) is 12.8 Å². The number of carbonyl (C=O) groups is 2. The highest BCUT2D eigenvalue weighted by Crippen LogP contribution is 2.29. The monoisotopic (exact) mass is 430 g/mol. The number of rotatable bonds is 6. The molecule has 1 aromatic heterocycles. The molecule has 0 saturated carbocycles. The normalized spacial score (nSPS) is 14.2. The van der Waals surface area contributed by atoms with Crippen molar-refractivity contribution in [1.82, 2.24) is 14.9 Å². The summed E-state index contributed by atoms with van der Waals surface area (Å²) in [6.07, 6.45) is 3.07. The Morgan fingerprint density at radius 1 is 1.09 bits per heavy atom. The molecule has 0 unspecified atom stereocenters. The van der Waals surface area contributed by atoms with E-state index in [1.807, 2.05) is 35.2 Å². The molecular formula is C25H26N4O3. The number of amides is 1. The minimum Gasteiger partial charge on any atom is -0.497 e. The lowest BCUT2D eigenvalue weighted by molar-refractivity contribution is 0.0711. The standard InChI is InChI=1S/C25H26N4O3/c1-32-22-8-4-17(5-9-22)14-21-15-23(28-25(26)27-21)19-10-12-29(13-11-19)24(31)20-6-2-18(16-30)3-7-20/h2-9,15-16,19H,10-14H2,1H3,(H2,26,27,28). The number of hydrogen-bond donors (Lipinski definition) is 1. The molecule has 7 nitrogen and oxygen atoms in total. The number of anilines is 1. The van der Waals surface area contributed by atoms with Crippen LogP contribution in [0.1, 0.15) is 56.4 Å². The highest BCUT2D eigenvalue weighted by Gasteiger charge is 2.26. The lowest BCUT2D eigenvalue weighted by atomic mass is 9.92. The van der Waals surface area contributed by atoms with Gasteiger partial charge in [-0.3, -0.25) is 9.59 Å². The molecule has 164 valence electrons. The quantitative estimate of drug-likeness (QED) is 0.601. The van der Waals surface area contributed by atoms with Gasteiger partial charge in [0.15, 0.2) is 0 Å². The van der Waals surface area contributed by atoms with Gasteiger partial charge in [-0.2, -0.15) is 0 Å². The number of methoxy groups -OCH3 is 1. The van der Waals surface area contributed by atoms with E-state index >= 15 is 0 Å². The summed E-state index contributed by atoms with van der Waals surface area (Å²) in [7, 11) is 1.65. The van der Waals surface area contributed by atoms with Crippen molar-refractivity contribution in [3.05, 3.63) is 82.7 Å². The van der Waals surface area contributed by atoms with E-state index in [2.05, 4.69) is 9.97 Å². The predicted octanol–water partition coefficient (Wildman–Crippen LogP) is 3.49. The molecular weight excluding hydrogens is 404 g/mol. The number of benzene rings is 2. The smallest absolute Gasteiger partial charge is 0.253 e. The summed E-state index contributed by atoms with van der Waals surface area (Å²) in [5.74, 6) is 1.32. The number of hydrogen-bond acceptors (Lipinski definition) is 6. The number of nitrogens with two attached hydrogens (primary N) is 1. The van der Waals surface area contributed by atoms with Gasteiger partial charge in [0.2, 0.25) is 5.95 Å². The van der Waals surface area contributed by atoms with Crippen LogP contribution in [0.25, 0.3) is 0 Å². The summed E-state index contributed by atoms with van der Waals surface area (Å²) in [6, 6.07) is 16.7. The van der Waals surface area contributed by atoms with Gasteiger partial charge in [-0.05, 0) is 48.7 Å². The molecule has 1 aliphatic rings. The predicted molar refractivity (Wildman–Crippen MR) is 122 cm³/mol. The van der Waals surface area contributed by atoms with Crippen molar-refractivity contribution in [2.24, 2.45) is 0 Å². The highest BCUT2D eigenvalue weighted by atomic mass is 16.5. The molecule has 0 atom stereocenters. The SMILES string of the molecule is COc1ccc(Cc2cc(C3CCN(C(=O)c4ccc(C=O)cc4)CC3)nc(N)n2)cc1. The lowest BCUT2D eigenvalue weighted by Crippen LogP contribution is -2.38. The van der Waals surface area contributed by atoms with Gasteiger partial charge >= 0.3 is 0 Å². The third-order valence-corrected chi connectivity index (χ3v) is 5.85. The average Bonchev–Trinajstić information content (AvgIpc) is 2.84. The number of piperidine rings is 1. The Bertz CT molecular complexity index is 1090. The van der Waals surface area contributed by atoms with E-state index in [1.165, 1.54) is 0 Å². The molecule has 0 radical (unpaired) electrons. The van der Waals surface area contributed by atoms with Crippen LogP contribution in [0.4, 0.5) is 5.95 Å². The topological polar surface area (TPSA) is 98.4 Å². The van der Waals surface area contributed by atoms with Gasteiger partial charge in [-0.15, -0.1) is 0 Å². The van der Waals surface area contributed by atoms with Crippen LogP contribution in [-0.4, -0.2) is 47.3 Å². The van der Waals surface area contributed by atoms with Crippen molar-refractivity contribution in [3.63, 3.8) is 0 Å². The molecule has 3 aromatic rings. The Morgan fingerprint density at radius 3 is 2.41 bits per heavy atom. The maximum absolute atomic E-state index is 12.8. The van der Waals surface area contributed by atoms with Crippen molar-refractivity contribution in [2.75, 3.05) is 25.9 Å². The zero-order valence-corrected chi connectivity index (χ0v) is 18.0. The Hall–Kier alpha value is -3.74. The van der Waals surface area contributed by atoms with Crippen LogP contribution in [0, 0.1) is 0 Å². The van der Waals surface area contributed by atoms with E-state index in [4.69, 9.17) is 10.5 Å². The van der Waals surface area contributed by atoms with Crippen LogP contribution in [0.5, 0.6) is 5.75 Å². The number of carbonyl (C=O) groups excluding carboxylic acids is 2. The first kappa shape index (κ1) is 21.5. The van der Waals surface area contributed by atoms with Gasteiger partial charge in [0.25, 0.3) is 5.91 Å². The Morgan fingerprint density at radius 2 is 1.78 bits per heavy atom. The summed E-state index contributed by atoms with van der Waals surface area (Å²) in [6.45, 7) is 1.30. The van der Waals surface area contributed by atoms with Crippen molar-refractivity contribution >= 4 is 18.1 Å². The van der Waals surface area contributed by atoms with Gasteiger partial charge in [-0.1, -0.05) is 24.3 Å². The largest absolute Gasteiger partial charge is 0.497 e. The fourth-order valence-corrected chi connectivity index (χ4v) is 4.06. The first-order valence-corrected chi connectivity index (χ1v) is 10.7. The Labute approximate surface area is 187 Å². The van der Waals surface area contributed by atoms with E-state index in [-0.39, 0.29) is 17.8 Å². The molecule has 1 amide bonds. The van der Waals surface area contributed by atoms with Crippen LogP contribution >= 0.6 is 0 Å². The molecule has 1 aliphatic heterocycles. The van der Waals surface area contributed by atoms with Crippen molar-refractivity contribution in [1.29, 1.82) is 0 Å². The molecule has 2 heterocycles. The van der Waals surface area contributed by atoms with Crippen molar-refractivity contribution in [2.45, 2.75) is 25.2 Å². The number of likely N-dealkylation sites (tertiary alicyclic amines) is 1. The van der Waals surface area contributed by atoms with Gasteiger partial charge < -0.3 is 15.4 Å². The van der Waals surface area contributed by atoms with Gasteiger partial charge in [0.1, 0.15) is 12.0 Å². The fraction of sp³-hybridized carbons (Fsp3) is 0.280. The fourth-order valence-electron chi connectivity index (χ4n) is 4.06. The van der Waals surface area contributed by atoms with E-state index in [0.717, 1.165) is 41.8 Å². The Balaban J connectivity index is 1.41. The number of nitrogen functional groups attached to an aromatic ring is 1. The van der Waals surface area contributed by atoms with E-state index in [0.29, 0.717) is 30.6 Å². The zero-order chi connectivity index (χ0) is 22.5. The van der Waals surface area contributed by atoms with Crippen molar-refractivity contribution < 1.29 is 14.3 Å². The summed E-state index contributed by atoms with van der Waals surface area (Å²) >= 11 is 0. The second-order valence-electron chi connectivity index (χ2n) is 7.97. The summed E-state index contributed by atoms with van der Waals surface area (Å²) < 4.78 is 5.21. The number of nitrogens with zero attached hydrogens (tertiary/aromatic N) is 3. The lowest BCUT2D eigenvalue weighted by Gasteiger charge is -2.32. The van der Waals surface area contributed by atoms with Gasteiger partial charge in [0, 0.05) is 42.2 Å². The molecule has 4 rings (SSSR count). The van der Waals surface area contributed by atoms with Gasteiger partial charge in [-0.25, -0.2) is 9.97 Å². The molecule has 2 aromatic carbocycles. The number of ether oxygens (including phenoxy) is 1. The third kappa shape index (κ3) is 4.94. The van der Waals surface area contributed by atoms with E-state index < -0.39 is 0 Å². The van der Waals surface area contributed by atoms with Crippen LogP contribution in [-0.2, 0) is 6.42 Å². The van der Waals surface area contributed by atoms with Crippen LogP contribution in [0.2, 0.25) is 0 Å². The molecule has 0 spiro atoms. The molecule has 7 heteroatoms. The first-order valence-electron chi connectivity index (χ1n) is 10.7. The molecule has 1 saturated heterocycles. The third-order valence-electron chi connectivity index (χ3n) is 5.85. The average molecular weight is 431 g/mol. The maximum Gasteiger partial charge on any atom is 0.253 e. The maximum atomic E-state index is 12.8. The summed E-state index contributed by atoms with van der Waals surface area (Å²) in [5, 5.41) is 0. The van der Waals surface area contributed by atoms with E-state index in [9.17, 15) is 9.59 Å². The second kappa shape index (κ2) is 9.60. The minimum absolute atomic E-state index is 0.0108. The van der Waals surface area contributed by atoms with Crippen molar-refractivity contribution in [3.8, 4) is 5.75 Å². The van der Waals surface area contributed by atoms with Crippen LogP contribution in [0.3, 0.4) is 0 Å². The van der Waals surface area contributed by atoms with E-state index in [1.54, 1.807) is 31.4 Å². The second-order valence-corrected chi connectivity index (χ2v) is 7.97. The molecule has 0 bridgehead atoms. The van der Waals surface area contributed by atoms with Crippen LogP contribution < -0.4 is 10.5 Å². The minimum atomic E-state index is -0.0108. The van der Waals surface area contributed by atoms with Crippen LogP contribution in [0.15, 0.2) is 54.6 Å². The Kier molecular flexibility index (Phi) is 6.44. The zero-order valence-electron chi connectivity index (χ0n) is 18.0. The number of aldehydes is 1. The summed E-state index contributed by atoms with van der Waals surface area (Å²) in [5.41, 5.74) is 10.1.